The molecule has 0 N–H and O–H groups in total. The van der Waals surface area contributed by atoms with Gasteiger partial charge in [0, 0.05) is 23.1 Å². The van der Waals surface area contributed by atoms with Crippen molar-refractivity contribution in [2.75, 3.05) is 13.3 Å². The Hall–Kier alpha value is -3.52. The summed E-state index contributed by atoms with van der Waals surface area (Å²) in [4.78, 5) is 27.5. The highest BCUT2D eigenvalue weighted by molar-refractivity contribution is 6.35. The summed E-state index contributed by atoms with van der Waals surface area (Å²) in [5.74, 6) is 1.08. The molecule has 38 heavy (non-hydrogen) atoms. The van der Waals surface area contributed by atoms with Crippen molar-refractivity contribution in [3.8, 4) is 17.2 Å². The topological polar surface area (TPSA) is 78.2 Å². The summed E-state index contributed by atoms with van der Waals surface area (Å²) >= 11 is 12.4. The van der Waals surface area contributed by atoms with Gasteiger partial charge in [0.1, 0.15) is 29.6 Å². The molecule has 7 nitrogen and oxygen atoms in total. The Balaban J connectivity index is 1.40. The lowest BCUT2D eigenvalue weighted by atomic mass is 10.1. The number of rotatable bonds is 7. The fraction of sp³-hybridized carbons (Fsp3) is 0.241. The molecule has 2 heterocycles. The van der Waals surface area contributed by atoms with Crippen molar-refractivity contribution in [2.24, 2.45) is 0 Å². The Morgan fingerprint density at radius 2 is 1.87 bits per heavy atom. The van der Waals surface area contributed by atoms with E-state index in [-0.39, 0.29) is 11.2 Å². The van der Waals surface area contributed by atoms with Crippen LogP contribution in [0.5, 0.6) is 17.2 Å². The van der Waals surface area contributed by atoms with Gasteiger partial charge in [-0.3, -0.25) is 9.69 Å². The van der Waals surface area contributed by atoms with Crippen LogP contribution >= 0.6 is 23.2 Å². The molecule has 0 spiro atoms. The number of hydrogen-bond donors (Lipinski definition) is 0. The largest absolute Gasteiger partial charge is 0.478 e. The number of nitrogens with zero attached hydrogens (tertiary/aromatic N) is 1. The normalized spacial score (nSPS) is 13.2. The summed E-state index contributed by atoms with van der Waals surface area (Å²) in [5.41, 5.74) is 2.26. The van der Waals surface area contributed by atoms with Crippen molar-refractivity contribution < 1.29 is 23.4 Å². The van der Waals surface area contributed by atoms with E-state index in [0.29, 0.717) is 70.3 Å². The van der Waals surface area contributed by atoms with Crippen LogP contribution in [0.3, 0.4) is 0 Å². The maximum Gasteiger partial charge on any atom is 0.338 e. The number of carbonyl (C=O) groups is 1. The van der Waals surface area contributed by atoms with Crippen molar-refractivity contribution in [3.63, 3.8) is 0 Å². The second kappa shape index (κ2) is 11.1. The molecule has 0 saturated carbocycles. The first kappa shape index (κ1) is 26.1. The SMILES string of the molecule is CCCOC(=O)c1ccc(Oc2c(C)oc3c4c(ccc3c2=O)OCN(Cc2ccc(Cl)cc2Cl)C4)cc1. The summed E-state index contributed by atoms with van der Waals surface area (Å²) in [6.45, 7) is 5.38. The van der Waals surface area contributed by atoms with Crippen LogP contribution in [0.25, 0.3) is 11.0 Å². The lowest BCUT2D eigenvalue weighted by Gasteiger charge is -2.29. The molecule has 3 aromatic carbocycles. The monoisotopic (exact) mass is 553 g/mol. The molecule has 0 radical (unpaired) electrons. The van der Waals surface area contributed by atoms with E-state index in [1.807, 2.05) is 13.0 Å². The lowest BCUT2D eigenvalue weighted by molar-refractivity contribution is 0.0505. The smallest absolute Gasteiger partial charge is 0.338 e. The van der Waals surface area contributed by atoms with Crippen LogP contribution in [0.2, 0.25) is 10.0 Å². The average Bonchev–Trinajstić information content (AvgIpc) is 2.91. The standard InChI is InChI=1S/C29H25Cl2NO6/c1-3-12-35-29(34)18-5-8-21(9-6-18)38-27-17(2)37-28-22(26(27)33)10-11-25-23(28)15-32(16-36-25)14-19-4-7-20(30)13-24(19)31/h4-11,13H,3,12,14-16H2,1-2H3. The number of ether oxygens (including phenoxy) is 3. The average molecular weight is 554 g/mol. The van der Waals surface area contributed by atoms with Crippen molar-refractivity contribution in [2.45, 2.75) is 33.4 Å². The van der Waals surface area contributed by atoms with Gasteiger partial charge < -0.3 is 18.6 Å². The van der Waals surface area contributed by atoms with Crippen molar-refractivity contribution in [1.82, 2.24) is 4.90 Å². The zero-order valence-corrected chi connectivity index (χ0v) is 22.4. The van der Waals surface area contributed by atoms with Crippen LogP contribution in [-0.4, -0.2) is 24.2 Å². The molecule has 0 amide bonds. The third-order valence-electron chi connectivity index (χ3n) is 6.18. The van der Waals surface area contributed by atoms with Crippen LogP contribution < -0.4 is 14.9 Å². The van der Waals surface area contributed by atoms with Gasteiger partial charge in [-0.2, -0.15) is 0 Å². The fourth-order valence-corrected chi connectivity index (χ4v) is 4.74. The van der Waals surface area contributed by atoms with E-state index in [4.69, 9.17) is 41.8 Å². The van der Waals surface area contributed by atoms with Gasteiger partial charge in [0.05, 0.1) is 23.1 Å². The number of fused-ring (bicyclic) bond motifs is 3. The molecule has 1 aliphatic heterocycles. The van der Waals surface area contributed by atoms with Gasteiger partial charge in [0.15, 0.2) is 0 Å². The minimum absolute atomic E-state index is 0.0836. The number of aryl methyl sites for hydroxylation is 1. The second-order valence-electron chi connectivity index (χ2n) is 8.99. The summed E-state index contributed by atoms with van der Waals surface area (Å²) < 4.78 is 23.2. The van der Waals surface area contributed by atoms with Crippen LogP contribution in [0.4, 0.5) is 0 Å². The van der Waals surface area contributed by atoms with Gasteiger partial charge in [-0.15, -0.1) is 0 Å². The maximum absolute atomic E-state index is 13.4. The Kier molecular flexibility index (Phi) is 7.61. The molecular weight excluding hydrogens is 529 g/mol. The predicted octanol–water partition coefficient (Wildman–Crippen LogP) is 7.12. The Morgan fingerprint density at radius 1 is 1.08 bits per heavy atom. The Labute approximate surface area is 229 Å². The van der Waals surface area contributed by atoms with Crippen LogP contribution in [0.1, 0.15) is 40.6 Å². The van der Waals surface area contributed by atoms with Crippen molar-refractivity contribution >= 4 is 40.1 Å². The van der Waals surface area contributed by atoms with E-state index >= 15 is 0 Å². The summed E-state index contributed by atoms with van der Waals surface area (Å²) in [6, 6.07) is 15.3. The summed E-state index contributed by atoms with van der Waals surface area (Å²) in [7, 11) is 0. The van der Waals surface area contributed by atoms with Crippen LogP contribution in [0, 0.1) is 6.92 Å². The van der Waals surface area contributed by atoms with E-state index in [9.17, 15) is 9.59 Å². The number of carbonyl (C=O) groups excluding carboxylic acids is 1. The molecule has 1 aliphatic rings. The molecule has 5 rings (SSSR count). The molecule has 0 unspecified atom stereocenters. The van der Waals surface area contributed by atoms with E-state index in [2.05, 4.69) is 4.90 Å². The number of halogens is 2. The molecule has 0 atom stereocenters. The molecule has 0 saturated heterocycles. The highest BCUT2D eigenvalue weighted by atomic mass is 35.5. The zero-order chi connectivity index (χ0) is 26.8. The van der Waals surface area contributed by atoms with Crippen LogP contribution in [-0.2, 0) is 17.8 Å². The minimum atomic E-state index is -0.404. The van der Waals surface area contributed by atoms with E-state index in [1.54, 1.807) is 55.5 Å². The number of hydrogen-bond acceptors (Lipinski definition) is 7. The highest BCUT2D eigenvalue weighted by Crippen LogP contribution is 2.35. The second-order valence-corrected chi connectivity index (χ2v) is 9.84. The molecule has 0 bridgehead atoms. The third kappa shape index (κ3) is 5.36. The van der Waals surface area contributed by atoms with Gasteiger partial charge >= 0.3 is 5.97 Å². The summed E-state index contributed by atoms with van der Waals surface area (Å²) in [6.07, 6.45) is 0.744. The summed E-state index contributed by atoms with van der Waals surface area (Å²) in [5, 5.41) is 1.54. The molecule has 9 heteroatoms. The number of benzene rings is 3. The van der Waals surface area contributed by atoms with Gasteiger partial charge in [0.25, 0.3) is 0 Å². The van der Waals surface area contributed by atoms with Crippen LogP contribution in [0.15, 0.2) is 63.8 Å². The molecular formula is C29H25Cl2NO6. The fourth-order valence-electron chi connectivity index (χ4n) is 4.27. The molecule has 4 aromatic rings. The highest BCUT2D eigenvalue weighted by Gasteiger charge is 2.25. The Morgan fingerprint density at radius 3 is 2.61 bits per heavy atom. The Bertz CT molecular complexity index is 1560. The quantitative estimate of drug-likeness (QED) is 0.225. The molecule has 0 fully saturated rings. The lowest BCUT2D eigenvalue weighted by Crippen LogP contribution is -2.32. The van der Waals surface area contributed by atoms with Gasteiger partial charge in [-0.25, -0.2) is 4.79 Å². The first-order valence-electron chi connectivity index (χ1n) is 12.2. The third-order valence-corrected chi connectivity index (χ3v) is 6.77. The van der Waals surface area contributed by atoms with Gasteiger partial charge in [-0.05, 0) is 67.4 Å². The maximum atomic E-state index is 13.4. The minimum Gasteiger partial charge on any atom is -0.478 e. The number of esters is 1. The zero-order valence-electron chi connectivity index (χ0n) is 20.9. The van der Waals surface area contributed by atoms with E-state index in [0.717, 1.165) is 17.5 Å². The first-order valence-corrected chi connectivity index (χ1v) is 12.9. The predicted molar refractivity (Wildman–Crippen MR) is 146 cm³/mol. The van der Waals surface area contributed by atoms with Gasteiger partial charge in [-0.1, -0.05) is 36.2 Å². The molecule has 1 aromatic heterocycles. The van der Waals surface area contributed by atoms with Gasteiger partial charge in [0.2, 0.25) is 11.2 Å². The van der Waals surface area contributed by atoms with E-state index in [1.165, 1.54) is 0 Å². The van der Waals surface area contributed by atoms with E-state index < -0.39 is 5.97 Å². The van der Waals surface area contributed by atoms with Crippen molar-refractivity contribution in [1.29, 1.82) is 0 Å². The molecule has 196 valence electrons. The first-order chi connectivity index (χ1) is 18.3. The van der Waals surface area contributed by atoms with Crippen molar-refractivity contribution in [3.05, 3.63) is 97.3 Å². The molecule has 0 aliphatic carbocycles.